The van der Waals surface area contributed by atoms with Gasteiger partial charge in [0.1, 0.15) is 11.9 Å². The van der Waals surface area contributed by atoms with Crippen LogP contribution in [0.5, 0.6) is 5.88 Å². The second kappa shape index (κ2) is 11.1. The van der Waals surface area contributed by atoms with Crippen LogP contribution in [-0.2, 0) is 0 Å². The van der Waals surface area contributed by atoms with Crippen molar-refractivity contribution in [3.8, 4) is 17.7 Å². The fourth-order valence-corrected chi connectivity index (χ4v) is 3.59. The van der Waals surface area contributed by atoms with Gasteiger partial charge in [0.05, 0.1) is 30.0 Å². The van der Waals surface area contributed by atoms with Crippen molar-refractivity contribution in [2.45, 2.75) is 51.9 Å². The Morgan fingerprint density at radius 2 is 1.97 bits per heavy atom. The minimum absolute atomic E-state index is 0.195. The summed E-state index contributed by atoms with van der Waals surface area (Å²) in [6, 6.07) is 3.12. The summed E-state index contributed by atoms with van der Waals surface area (Å²) in [6.07, 6.45) is 0.952. The number of nitrogens with one attached hydrogen (secondary N) is 2. The highest BCUT2D eigenvalue weighted by molar-refractivity contribution is 5.60. The fraction of sp³-hybridized carbons (Fsp3) is 0.522. The molecule has 0 amide bonds. The molecule has 4 unspecified atom stereocenters. The third-order valence-electron chi connectivity index (χ3n) is 5.34. The Hall–Kier alpha value is -2.93. The molecule has 0 aliphatic heterocycles. The highest BCUT2D eigenvalue weighted by Gasteiger charge is 2.41. The van der Waals surface area contributed by atoms with Crippen LogP contribution in [0.25, 0.3) is 0 Å². The highest BCUT2D eigenvalue weighted by Crippen LogP contribution is 2.30. The highest BCUT2D eigenvalue weighted by atomic mass is 16.5. The Bertz CT molecular complexity index is 957. The summed E-state index contributed by atoms with van der Waals surface area (Å²) in [5, 5.41) is 36.5. The molecule has 1 fully saturated rings. The molecule has 0 spiro atoms. The van der Waals surface area contributed by atoms with E-state index in [0.717, 1.165) is 13.0 Å². The number of ether oxygens (including phenoxy) is 1. The Morgan fingerprint density at radius 1 is 1.16 bits per heavy atom. The molecular formula is C23H31N5O4. The Balaban J connectivity index is 1.91. The Kier molecular flexibility index (Phi) is 8.22. The van der Waals surface area contributed by atoms with Crippen molar-refractivity contribution in [2.75, 3.05) is 30.4 Å². The van der Waals surface area contributed by atoms with Gasteiger partial charge in [-0.2, -0.15) is 4.98 Å². The number of aryl methyl sites for hydroxylation is 1. The summed E-state index contributed by atoms with van der Waals surface area (Å²) in [7, 11) is 0. The molecule has 2 heterocycles. The summed E-state index contributed by atoms with van der Waals surface area (Å²) in [5.74, 6) is 7.28. The smallest absolute Gasteiger partial charge is 0.224 e. The predicted octanol–water partition coefficient (Wildman–Crippen LogP) is 1.31. The molecule has 1 aliphatic rings. The van der Waals surface area contributed by atoms with Crippen molar-refractivity contribution in [2.24, 2.45) is 5.92 Å². The van der Waals surface area contributed by atoms with Gasteiger partial charge in [0, 0.05) is 36.9 Å². The number of anilines is 2. The SMILES string of the molecule is CCCNc1nc(C)c(C#Cc2ccc(OCC)nc2)c(NC2CC(CO)C(O)C2O)n1. The minimum Gasteiger partial charge on any atom is -0.478 e. The maximum absolute atomic E-state index is 10.4. The molecule has 0 bridgehead atoms. The van der Waals surface area contributed by atoms with Gasteiger partial charge in [-0.3, -0.25) is 0 Å². The van der Waals surface area contributed by atoms with Crippen LogP contribution >= 0.6 is 0 Å². The van der Waals surface area contributed by atoms with Gasteiger partial charge in [-0.25, -0.2) is 9.97 Å². The normalized spacial score (nSPS) is 22.2. The molecule has 1 aliphatic carbocycles. The monoisotopic (exact) mass is 441 g/mol. The van der Waals surface area contributed by atoms with Crippen LogP contribution in [0.4, 0.5) is 11.8 Å². The first-order chi connectivity index (χ1) is 15.5. The van der Waals surface area contributed by atoms with E-state index < -0.39 is 24.2 Å². The summed E-state index contributed by atoms with van der Waals surface area (Å²) in [6.45, 7) is 6.87. The molecule has 0 radical (unpaired) electrons. The zero-order valence-electron chi connectivity index (χ0n) is 18.7. The van der Waals surface area contributed by atoms with Gasteiger partial charge in [0.25, 0.3) is 0 Å². The summed E-state index contributed by atoms with van der Waals surface area (Å²) < 4.78 is 5.36. The summed E-state index contributed by atoms with van der Waals surface area (Å²) in [5.41, 5.74) is 1.98. The molecular weight excluding hydrogens is 410 g/mol. The minimum atomic E-state index is -1.02. The zero-order chi connectivity index (χ0) is 23.1. The van der Waals surface area contributed by atoms with Crippen LogP contribution in [0.15, 0.2) is 18.3 Å². The van der Waals surface area contributed by atoms with Crippen LogP contribution in [0.1, 0.15) is 43.5 Å². The average Bonchev–Trinajstić information content (AvgIpc) is 3.06. The van der Waals surface area contributed by atoms with E-state index in [2.05, 4.69) is 44.4 Å². The van der Waals surface area contributed by atoms with Gasteiger partial charge >= 0.3 is 0 Å². The van der Waals surface area contributed by atoms with Gasteiger partial charge in [0.15, 0.2) is 0 Å². The zero-order valence-corrected chi connectivity index (χ0v) is 18.7. The van der Waals surface area contributed by atoms with Gasteiger partial charge < -0.3 is 30.7 Å². The number of pyridine rings is 1. The molecule has 4 atom stereocenters. The maximum Gasteiger partial charge on any atom is 0.224 e. The molecule has 32 heavy (non-hydrogen) atoms. The van der Waals surface area contributed by atoms with Crippen molar-refractivity contribution < 1.29 is 20.1 Å². The summed E-state index contributed by atoms with van der Waals surface area (Å²) >= 11 is 0. The predicted molar refractivity (Wildman–Crippen MR) is 122 cm³/mol. The third-order valence-corrected chi connectivity index (χ3v) is 5.34. The molecule has 5 N–H and O–H groups in total. The standard InChI is InChI=1S/C23H31N5O4/c1-4-10-24-23-26-14(3)17(8-6-15-7-9-19(25-12-15)32-5-2)22(28-23)27-18-11-16(13-29)20(30)21(18)31/h7,9,12,16,18,20-21,29-31H,4-5,10-11,13H2,1-3H3,(H2,24,26,27,28). The van der Waals surface area contributed by atoms with E-state index in [0.29, 0.717) is 47.5 Å². The lowest BCUT2D eigenvalue weighted by molar-refractivity contribution is 0.00445. The topological polar surface area (TPSA) is 133 Å². The third kappa shape index (κ3) is 5.65. The fourth-order valence-electron chi connectivity index (χ4n) is 3.59. The van der Waals surface area contributed by atoms with Crippen molar-refractivity contribution in [3.05, 3.63) is 35.2 Å². The quantitative estimate of drug-likeness (QED) is 0.385. The second-order valence-electron chi connectivity index (χ2n) is 7.76. The largest absolute Gasteiger partial charge is 0.478 e. The van der Waals surface area contributed by atoms with E-state index in [4.69, 9.17) is 4.74 Å². The van der Waals surface area contributed by atoms with E-state index in [9.17, 15) is 15.3 Å². The summed E-state index contributed by atoms with van der Waals surface area (Å²) in [4.78, 5) is 13.3. The van der Waals surface area contributed by atoms with E-state index in [-0.39, 0.29) is 6.61 Å². The lowest BCUT2D eigenvalue weighted by Gasteiger charge is -2.20. The number of aliphatic hydroxyl groups excluding tert-OH is 3. The van der Waals surface area contributed by atoms with Gasteiger partial charge in [-0.05, 0) is 32.8 Å². The first-order valence-corrected chi connectivity index (χ1v) is 10.9. The lowest BCUT2D eigenvalue weighted by Crippen LogP contribution is -2.36. The second-order valence-corrected chi connectivity index (χ2v) is 7.76. The van der Waals surface area contributed by atoms with E-state index in [1.807, 2.05) is 19.9 Å². The van der Waals surface area contributed by atoms with Crippen LogP contribution in [0, 0.1) is 24.7 Å². The number of nitrogens with zero attached hydrogens (tertiary/aromatic N) is 3. The number of rotatable bonds is 8. The van der Waals surface area contributed by atoms with Crippen LogP contribution in [0.2, 0.25) is 0 Å². The van der Waals surface area contributed by atoms with Crippen LogP contribution in [0.3, 0.4) is 0 Å². The van der Waals surface area contributed by atoms with Crippen LogP contribution in [-0.4, -0.2) is 68.3 Å². The van der Waals surface area contributed by atoms with Gasteiger partial charge in [0.2, 0.25) is 11.8 Å². The number of aromatic nitrogens is 3. The molecule has 0 aromatic carbocycles. The molecule has 172 valence electrons. The van der Waals surface area contributed by atoms with Gasteiger partial charge in [-0.1, -0.05) is 18.8 Å². The molecule has 1 saturated carbocycles. The average molecular weight is 442 g/mol. The molecule has 0 saturated heterocycles. The molecule has 9 nitrogen and oxygen atoms in total. The molecule has 2 aromatic heterocycles. The van der Waals surface area contributed by atoms with Crippen LogP contribution < -0.4 is 15.4 Å². The number of hydrogen-bond acceptors (Lipinski definition) is 9. The number of aliphatic hydroxyl groups is 3. The maximum atomic E-state index is 10.4. The van der Waals surface area contributed by atoms with Crippen molar-refractivity contribution in [1.82, 2.24) is 15.0 Å². The Labute approximate surface area is 188 Å². The van der Waals surface area contributed by atoms with E-state index >= 15 is 0 Å². The van der Waals surface area contributed by atoms with Crippen molar-refractivity contribution in [1.29, 1.82) is 0 Å². The van der Waals surface area contributed by atoms with E-state index in [1.165, 1.54) is 0 Å². The molecule has 9 heteroatoms. The number of hydrogen-bond donors (Lipinski definition) is 5. The molecule has 3 rings (SSSR count). The van der Waals surface area contributed by atoms with E-state index in [1.54, 1.807) is 12.3 Å². The van der Waals surface area contributed by atoms with Gasteiger partial charge in [-0.15, -0.1) is 0 Å². The first-order valence-electron chi connectivity index (χ1n) is 10.9. The molecule has 2 aromatic rings. The first kappa shape index (κ1) is 23.7. The van der Waals surface area contributed by atoms with Crippen molar-refractivity contribution >= 4 is 11.8 Å². The Morgan fingerprint density at radius 3 is 2.59 bits per heavy atom. The lowest BCUT2D eigenvalue weighted by atomic mass is 10.1. The van der Waals surface area contributed by atoms with Crippen molar-refractivity contribution in [3.63, 3.8) is 0 Å².